The Morgan fingerprint density at radius 3 is 2.94 bits per heavy atom. The number of ether oxygens (including phenoxy) is 1. The number of nitrogens with one attached hydrogen (secondary N) is 1. The van der Waals surface area contributed by atoms with E-state index >= 15 is 0 Å². The molecule has 1 fully saturated rings. The van der Waals surface area contributed by atoms with Gasteiger partial charge in [-0.2, -0.15) is 0 Å². The van der Waals surface area contributed by atoms with Gasteiger partial charge in [-0.3, -0.25) is 0 Å². The van der Waals surface area contributed by atoms with Crippen LogP contribution in [0, 0.1) is 5.92 Å². The lowest BCUT2D eigenvalue weighted by molar-refractivity contribution is 0.415. The SMILES string of the molecule is CCCC1CC1NCc1ccc(OC)c(Cl)c1. The summed E-state index contributed by atoms with van der Waals surface area (Å²) < 4.78 is 5.13. The fourth-order valence-electron chi connectivity index (χ4n) is 2.26. The number of benzene rings is 1. The Hall–Kier alpha value is -0.730. The third kappa shape index (κ3) is 3.36. The molecule has 2 atom stereocenters. The highest BCUT2D eigenvalue weighted by Gasteiger charge is 2.35. The first-order valence-corrected chi connectivity index (χ1v) is 6.68. The molecule has 1 aliphatic rings. The first-order chi connectivity index (χ1) is 8.24. The highest BCUT2D eigenvalue weighted by molar-refractivity contribution is 6.32. The van der Waals surface area contributed by atoms with Crippen molar-refractivity contribution in [3.63, 3.8) is 0 Å². The van der Waals surface area contributed by atoms with E-state index in [4.69, 9.17) is 16.3 Å². The van der Waals surface area contributed by atoms with Gasteiger partial charge in [0.05, 0.1) is 12.1 Å². The lowest BCUT2D eigenvalue weighted by atomic mass is 10.2. The van der Waals surface area contributed by atoms with Crippen LogP contribution in [0.1, 0.15) is 31.7 Å². The molecule has 0 aromatic heterocycles. The highest BCUT2D eigenvalue weighted by Crippen LogP contribution is 2.35. The third-order valence-electron chi connectivity index (χ3n) is 3.37. The van der Waals surface area contributed by atoms with Crippen molar-refractivity contribution in [2.75, 3.05) is 7.11 Å². The predicted molar refractivity (Wildman–Crippen MR) is 71.6 cm³/mol. The number of halogens is 1. The van der Waals surface area contributed by atoms with Crippen molar-refractivity contribution < 1.29 is 4.74 Å². The van der Waals surface area contributed by atoms with Crippen molar-refractivity contribution in [1.82, 2.24) is 5.32 Å². The summed E-state index contributed by atoms with van der Waals surface area (Å²) in [7, 11) is 1.64. The van der Waals surface area contributed by atoms with Crippen LogP contribution in [-0.4, -0.2) is 13.2 Å². The van der Waals surface area contributed by atoms with E-state index < -0.39 is 0 Å². The van der Waals surface area contributed by atoms with Gasteiger partial charge >= 0.3 is 0 Å². The summed E-state index contributed by atoms with van der Waals surface area (Å²) in [6.07, 6.45) is 3.97. The van der Waals surface area contributed by atoms with Crippen LogP contribution in [0.15, 0.2) is 18.2 Å². The Bertz CT molecular complexity index is 380. The summed E-state index contributed by atoms with van der Waals surface area (Å²) >= 11 is 6.09. The molecule has 1 aromatic rings. The molecule has 2 nitrogen and oxygen atoms in total. The highest BCUT2D eigenvalue weighted by atomic mass is 35.5. The van der Waals surface area contributed by atoms with Gasteiger partial charge in [0.2, 0.25) is 0 Å². The van der Waals surface area contributed by atoms with Gasteiger partial charge in [-0.05, 0) is 36.5 Å². The van der Waals surface area contributed by atoms with E-state index in [9.17, 15) is 0 Å². The zero-order chi connectivity index (χ0) is 12.3. The summed E-state index contributed by atoms with van der Waals surface area (Å²) in [5.74, 6) is 1.64. The van der Waals surface area contributed by atoms with E-state index in [0.717, 1.165) is 24.3 Å². The van der Waals surface area contributed by atoms with Gasteiger partial charge in [0.25, 0.3) is 0 Å². The van der Waals surface area contributed by atoms with Gasteiger partial charge < -0.3 is 10.1 Å². The van der Waals surface area contributed by atoms with Crippen molar-refractivity contribution >= 4 is 11.6 Å². The van der Waals surface area contributed by atoms with Crippen LogP contribution in [0.25, 0.3) is 0 Å². The summed E-state index contributed by atoms with van der Waals surface area (Å²) in [4.78, 5) is 0. The van der Waals surface area contributed by atoms with Crippen LogP contribution in [0.2, 0.25) is 5.02 Å². The van der Waals surface area contributed by atoms with Crippen LogP contribution in [0.5, 0.6) is 5.75 Å². The summed E-state index contributed by atoms with van der Waals surface area (Å²) in [5, 5.41) is 4.26. The van der Waals surface area contributed by atoms with Crippen LogP contribution in [-0.2, 0) is 6.54 Å². The maximum absolute atomic E-state index is 6.09. The molecule has 0 saturated heterocycles. The second-order valence-corrected chi connectivity index (χ2v) is 5.15. The second-order valence-electron chi connectivity index (χ2n) is 4.74. The van der Waals surface area contributed by atoms with E-state index in [1.807, 2.05) is 12.1 Å². The minimum atomic E-state index is 0.688. The Balaban J connectivity index is 1.82. The molecule has 1 N–H and O–H groups in total. The fourth-order valence-corrected chi connectivity index (χ4v) is 2.54. The molecule has 0 heterocycles. The van der Waals surface area contributed by atoms with E-state index in [1.165, 1.54) is 24.8 Å². The van der Waals surface area contributed by atoms with Crippen LogP contribution in [0.4, 0.5) is 0 Å². The lowest BCUT2D eigenvalue weighted by Crippen LogP contribution is -2.17. The average Bonchev–Trinajstić information content (AvgIpc) is 3.06. The van der Waals surface area contributed by atoms with Gasteiger partial charge in [-0.1, -0.05) is 31.0 Å². The van der Waals surface area contributed by atoms with Crippen molar-refractivity contribution in [2.24, 2.45) is 5.92 Å². The van der Waals surface area contributed by atoms with Crippen molar-refractivity contribution in [3.05, 3.63) is 28.8 Å². The molecule has 2 rings (SSSR count). The van der Waals surface area contributed by atoms with Crippen molar-refractivity contribution in [2.45, 2.75) is 38.8 Å². The number of methoxy groups -OCH3 is 1. The normalized spacial score (nSPS) is 22.5. The molecule has 0 bridgehead atoms. The minimum absolute atomic E-state index is 0.688. The molecule has 3 heteroatoms. The van der Waals surface area contributed by atoms with E-state index in [2.05, 4.69) is 18.3 Å². The monoisotopic (exact) mass is 253 g/mol. The standard InChI is InChI=1S/C14H20ClNO/c1-3-4-11-8-13(11)16-9-10-5-6-14(17-2)12(15)7-10/h5-7,11,13,16H,3-4,8-9H2,1-2H3. The summed E-state index contributed by atoms with van der Waals surface area (Å²) in [5.41, 5.74) is 1.22. The fraction of sp³-hybridized carbons (Fsp3) is 0.571. The molecule has 94 valence electrons. The summed E-state index contributed by atoms with van der Waals surface area (Å²) in [6, 6.07) is 6.69. The zero-order valence-electron chi connectivity index (χ0n) is 10.5. The van der Waals surface area contributed by atoms with Crippen LogP contribution in [0.3, 0.4) is 0 Å². The van der Waals surface area contributed by atoms with Gasteiger partial charge in [0.1, 0.15) is 5.75 Å². The largest absolute Gasteiger partial charge is 0.495 e. The maximum atomic E-state index is 6.09. The molecule has 0 spiro atoms. The number of hydrogen-bond acceptors (Lipinski definition) is 2. The lowest BCUT2D eigenvalue weighted by Gasteiger charge is -2.07. The first kappa shape index (κ1) is 12.7. The van der Waals surface area contributed by atoms with Gasteiger partial charge in [0, 0.05) is 12.6 Å². The van der Waals surface area contributed by atoms with Gasteiger partial charge in [0.15, 0.2) is 0 Å². The van der Waals surface area contributed by atoms with Crippen LogP contribution >= 0.6 is 11.6 Å². The van der Waals surface area contributed by atoms with E-state index in [1.54, 1.807) is 7.11 Å². The maximum Gasteiger partial charge on any atom is 0.137 e. The predicted octanol–water partition coefficient (Wildman–Crippen LogP) is 3.63. The zero-order valence-corrected chi connectivity index (χ0v) is 11.3. The number of rotatable bonds is 6. The quantitative estimate of drug-likeness (QED) is 0.836. The average molecular weight is 254 g/mol. The molecule has 1 saturated carbocycles. The molecule has 1 aromatic carbocycles. The Labute approximate surface area is 108 Å². The Kier molecular flexibility index (Phi) is 4.30. The van der Waals surface area contributed by atoms with Gasteiger partial charge in [-0.25, -0.2) is 0 Å². The summed E-state index contributed by atoms with van der Waals surface area (Å²) in [6.45, 7) is 3.15. The second kappa shape index (κ2) is 5.74. The molecular formula is C14H20ClNO. The third-order valence-corrected chi connectivity index (χ3v) is 3.66. The van der Waals surface area contributed by atoms with E-state index in [-0.39, 0.29) is 0 Å². The van der Waals surface area contributed by atoms with Crippen LogP contribution < -0.4 is 10.1 Å². The first-order valence-electron chi connectivity index (χ1n) is 6.30. The topological polar surface area (TPSA) is 21.3 Å². The van der Waals surface area contributed by atoms with Crippen molar-refractivity contribution in [3.8, 4) is 5.75 Å². The molecule has 2 unspecified atom stereocenters. The molecule has 1 aliphatic carbocycles. The molecular weight excluding hydrogens is 234 g/mol. The Morgan fingerprint density at radius 1 is 1.47 bits per heavy atom. The van der Waals surface area contributed by atoms with E-state index in [0.29, 0.717) is 5.02 Å². The van der Waals surface area contributed by atoms with Gasteiger partial charge in [-0.15, -0.1) is 0 Å². The number of hydrogen-bond donors (Lipinski definition) is 1. The molecule has 0 aliphatic heterocycles. The molecule has 0 amide bonds. The minimum Gasteiger partial charge on any atom is -0.495 e. The van der Waals surface area contributed by atoms with Crippen molar-refractivity contribution in [1.29, 1.82) is 0 Å². The smallest absolute Gasteiger partial charge is 0.137 e. The molecule has 17 heavy (non-hydrogen) atoms. The Morgan fingerprint density at radius 2 is 2.29 bits per heavy atom. The molecule has 0 radical (unpaired) electrons.